The van der Waals surface area contributed by atoms with Crippen LogP contribution in [0.25, 0.3) is 0 Å². The normalized spacial score (nSPS) is 14.9. The van der Waals surface area contributed by atoms with Crippen LogP contribution in [-0.2, 0) is 0 Å². The summed E-state index contributed by atoms with van der Waals surface area (Å²) in [6.45, 7) is 14.2. The third-order valence-corrected chi connectivity index (χ3v) is 4.28. The van der Waals surface area contributed by atoms with E-state index >= 15 is 0 Å². The van der Waals surface area contributed by atoms with Crippen LogP contribution in [0.4, 0.5) is 0 Å². The first-order valence-electron chi connectivity index (χ1n) is 6.88. The number of hydrogen-bond donors (Lipinski definition) is 1. The Hall–Kier alpha value is -0.530. The van der Waals surface area contributed by atoms with Crippen molar-refractivity contribution in [3.63, 3.8) is 0 Å². The van der Waals surface area contributed by atoms with Gasteiger partial charge in [-0.2, -0.15) is 0 Å². The molecule has 1 N–H and O–H groups in total. The van der Waals surface area contributed by atoms with Crippen LogP contribution in [-0.4, -0.2) is 6.54 Å². The van der Waals surface area contributed by atoms with Crippen LogP contribution in [0.5, 0.6) is 0 Å². The fraction of sp³-hybridized carbons (Fsp3) is 0.625. The molecule has 1 aromatic carbocycles. The monoisotopic (exact) mass is 267 g/mol. The zero-order valence-corrected chi connectivity index (χ0v) is 13.2. The van der Waals surface area contributed by atoms with Gasteiger partial charge in [0.05, 0.1) is 0 Å². The van der Waals surface area contributed by atoms with Crippen LogP contribution >= 0.6 is 11.6 Å². The number of halogens is 1. The molecular weight excluding hydrogens is 242 g/mol. The summed E-state index contributed by atoms with van der Waals surface area (Å²) in [5.74, 6) is 1.19. The molecule has 2 unspecified atom stereocenters. The van der Waals surface area contributed by atoms with Crippen LogP contribution in [0.15, 0.2) is 12.1 Å². The van der Waals surface area contributed by atoms with E-state index in [0.29, 0.717) is 17.9 Å². The summed E-state index contributed by atoms with van der Waals surface area (Å²) in [4.78, 5) is 0. The quantitative estimate of drug-likeness (QED) is 0.800. The Morgan fingerprint density at radius 3 is 2.17 bits per heavy atom. The van der Waals surface area contributed by atoms with E-state index in [2.05, 4.69) is 59.0 Å². The minimum atomic E-state index is 0.335. The predicted molar refractivity (Wildman–Crippen MR) is 81.3 cm³/mol. The molecule has 0 fully saturated rings. The van der Waals surface area contributed by atoms with E-state index < -0.39 is 0 Å². The summed E-state index contributed by atoms with van der Waals surface area (Å²) in [6.07, 6.45) is 0. The highest BCUT2D eigenvalue weighted by atomic mass is 35.5. The maximum Gasteiger partial charge on any atom is 0.0456 e. The lowest BCUT2D eigenvalue weighted by Gasteiger charge is -2.29. The molecule has 0 saturated carbocycles. The zero-order chi connectivity index (χ0) is 13.9. The largest absolute Gasteiger partial charge is 0.310 e. The molecule has 0 amide bonds. The molecular formula is C16H26ClN. The van der Waals surface area contributed by atoms with Crippen molar-refractivity contribution in [3.05, 3.63) is 33.8 Å². The maximum absolute atomic E-state index is 6.44. The van der Waals surface area contributed by atoms with E-state index in [1.54, 1.807) is 0 Å². The summed E-state index contributed by atoms with van der Waals surface area (Å²) < 4.78 is 0. The molecule has 0 heterocycles. The highest BCUT2D eigenvalue weighted by molar-refractivity contribution is 6.31. The zero-order valence-electron chi connectivity index (χ0n) is 12.5. The Morgan fingerprint density at radius 2 is 1.67 bits per heavy atom. The van der Waals surface area contributed by atoms with E-state index in [1.807, 2.05) is 0 Å². The smallest absolute Gasteiger partial charge is 0.0456 e. The number of nitrogens with one attached hydrogen (secondary N) is 1. The second-order valence-electron chi connectivity index (χ2n) is 5.60. The van der Waals surface area contributed by atoms with Crippen molar-refractivity contribution in [1.82, 2.24) is 5.32 Å². The molecule has 1 aromatic rings. The molecule has 0 radical (unpaired) electrons. The molecule has 2 heteroatoms. The van der Waals surface area contributed by atoms with Crippen molar-refractivity contribution in [2.45, 2.75) is 47.6 Å². The van der Waals surface area contributed by atoms with Gasteiger partial charge >= 0.3 is 0 Å². The van der Waals surface area contributed by atoms with Gasteiger partial charge in [0, 0.05) is 11.1 Å². The first-order valence-corrected chi connectivity index (χ1v) is 7.26. The van der Waals surface area contributed by atoms with Crippen molar-refractivity contribution in [3.8, 4) is 0 Å². The van der Waals surface area contributed by atoms with Crippen molar-refractivity contribution in [1.29, 1.82) is 0 Å². The topological polar surface area (TPSA) is 12.0 Å². The number of benzene rings is 1. The Labute approximate surface area is 117 Å². The molecule has 2 atom stereocenters. The van der Waals surface area contributed by atoms with E-state index in [9.17, 15) is 0 Å². The van der Waals surface area contributed by atoms with Gasteiger partial charge in [-0.25, -0.2) is 0 Å². The summed E-state index contributed by atoms with van der Waals surface area (Å²) in [5.41, 5.74) is 3.81. The Balaban J connectivity index is 3.17. The molecule has 0 saturated heterocycles. The summed E-state index contributed by atoms with van der Waals surface area (Å²) in [7, 11) is 0. The van der Waals surface area contributed by atoms with Crippen molar-refractivity contribution in [2.24, 2.45) is 11.8 Å². The number of rotatable bonds is 5. The molecule has 1 rings (SSSR count). The predicted octanol–water partition coefficient (Wildman–Crippen LogP) is 4.90. The van der Waals surface area contributed by atoms with Crippen LogP contribution < -0.4 is 5.32 Å². The van der Waals surface area contributed by atoms with Crippen LogP contribution in [0.1, 0.15) is 50.4 Å². The van der Waals surface area contributed by atoms with Crippen molar-refractivity contribution in [2.75, 3.05) is 6.54 Å². The second-order valence-corrected chi connectivity index (χ2v) is 6.00. The van der Waals surface area contributed by atoms with E-state index in [1.165, 1.54) is 16.7 Å². The number of hydrogen-bond acceptors (Lipinski definition) is 1. The SMILES string of the molecule is CCNC(c1cc(C)c(C)cc1Cl)C(C)C(C)C. The molecule has 1 nitrogen and oxygen atoms in total. The standard InChI is InChI=1S/C16H26ClN/c1-7-18-16(13(6)10(2)3)14-8-11(4)12(5)9-15(14)17/h8-10,13,16,18H,7H2,1-6H3. The van der Waals surface area contributed by atoms with Crippen LogP contribution in [0.2, 0.25) is 5.02 Å². The second kappa shape index (κ2) is 6.58. The Bertz CT molecular complexity index is 398. The summed E-state index contributed by atoms with van der Waals surface area (Å²) in [6, 6.07) is 4.66. The van der Waals surface area contributed by atoms with Gasteiger partial charge in [0.1, 0.15) is 0 Å². The fourth-order valence-electron chi connectivity index (χ4n) is 2.23. The Morgan fingerprint density at radius 1 is 1.11 bits per heavy atom. The molecule has 18 heavy (non-hydrogen) atoms. The van der Waals surface area contributed by atoms with E-state index in [0.717, 1.165) is 11.6 Å². The molecule has 0 bridgehead atoms. The molecule has 0 aromatic heterocycles. The molecule has 0 aliphatic rings. The number of aryl methyl sites for hydroxylation is 2. The highest BCUT2D eigenvalue weighted by Crippen LogP contribution is 2.33. The van der Waals surface area contributed by atoms with Gasteiger partial charge in [-0.1, -0.05) is 45.4 Å². The first-order chi connectivity index (χ1) is 8.38. The minimum Gasteiger partial charge on any atom is -0.310 e. The van der Waals surface area contributed by atoms with Crippen molar-refractivity contribution < 1.29 is 0 Å². The summed E-state index contributed by atoms with van der Waals surface area (Å²) in [5, 5.41) is 4.47. The average Bonchev–Trinajstić information content (AvgIpc) is 2.30. The average molecular weight is 268 g/mol. The Kier molecular flexibility index (Phi) is 5.68. The highest BCUT2D eigenvalue weighted by Gasteiger charge is 2.23. The van der Waals surface area contributed by atoms with Gasteiger partial charge in [-0.15, -0.1) is 0 Å². The molecule has 0 spiro atoms. The third-order valence-electron chi connectivity index (χ3n) is 3.95. The first kappa shape index (κ1) is 15.5. The minimum absolute atomic E-state index is 0.335. The van der Waals surface area contributed by atoms with Crippen LogP contribution in [0.3, 0.4) is 0 Å². The van der Waals surface area contributed by atoms with Gasteiger partial charge < -0.3 is 5.32 Å². The third kappa shape index (κ3) is 3.49. The van der Waals surface area contributed by atoms with Gasteiger partial charge in [0.2, 0.25) is 0 Å². The van der Waals surface area contributed by atoms with E-state index in [-0.39, 0.29) is 0 Å². The lowest BCUT2D eigenvalue weighted by atomic mass is 9.85. The maximum atomic E-state index is 6.44. The summed E-state index contributed by atoms with van der Waals surface area (Å²) >= 11 is 6.44. The van der Waals surface area contributed by atoms with Gasteiger partial charge in [0.25, 0.3) is 0 Å². The lowest BCUT2D eigenvalue weighted by Crippen LogP contribution is -2.29. The molecule has 102 valence electrons. The molecule has 0 aliphatic carbocycles. The van der Waals surface area contributed by atoms with Gasteiger partial charge in [-0.05, 0) is 55.0 Å². The lowest BCUT2D eigenvalue weighted by molar-refractivity contribution is 0.307. The van der Waals surface area contributed by atoms with Gasteiger partial charge in [0.15, 0.2) is 0 Å². The van der Waals surface area contributed by atoms with Crippen LogP contribution in [0, 0.1) is 25.7 Å². The fourth-order valence-corrected chi connectivity index (χ4v) is 2.56. The van der Waals surface area contributed by atoms with Gasteiger partial charge in [-0.3, -0.25) is 0 Å². The molecule has 0 aliphatic heterocycles. The van der Waals surface area contributed by atoms with E-state index in [4.69, 9.17) is 11.6 Å². The van der Waals surface area contributed by atoms with Crippen molar-refractivity contribution >= 4 is 11.6 Å².